The highest BCUT2D eigenvalue weighted by Crippen LogP contribution is 2.33. The fourth-order valence-electron chi connectivity index (χ4n) is 3.71. The van der Waals surface area contributed by atoms with Crippen molar-refractivity contribution in [1.82, 2.24) is 5.32 Å². The van der Waals surface area contributed by atoms with E-state index in [0.717, 1.165) is 24.0 Å². The van der Waals surface area contributed by atoms with Crippen LogP contribution in [-0.4, -0.2) is 25.0 Å². The van der Waals surface area contributed by atoms with Crippen LogP contribution in [0, 0.1) is 0 Å². The number of ether oxygens (including phenoxy) is 2. The summed E-state index contributed by atoms with van der Waals surface area (Å²) in [5.41, 5.74) is 2.31. The molecular weight excluding hydrogens is 366 g/mol. The number of nitrogens with one attached hydrogen (secondary N) is 1. The fraction of sp³-hybridized carbons (Fsp3) is 0.250. The monoisotopic (exact) mass is 389 g/mol. The van der Waals surface area contributed by atoms with Gasteiger partial charge in [0, 0.05) is 0 Å². The molecule has 1 saturated heterocycles. The Kier molecular flexibility index (Phi) is 5.47. The summed E-state index contributed by atoms with van der Waals surface area (Å²) < 4.78 is 11.6. The summed E-state index contributed by atoms with van der Waals surface area (Å²) in [4.78, 5) is 24.6. The van der Waals surface area contributed by atoms with Gasteiger partial charge in [-0.3, -0.25) is 14.9 Å². The maximum atomic E-state index is 12.3. The van der Waals surface area contributed by atoms with Gasteiger partial charge in [0.05, 0.1) is 24.4 Å². The zero-order valence-corrected chi connectivity index (χ0v) is 16.3. The van der Waals surface area contributed by atoms with Gasteiger partial charge < -0.3 is 9.47 Å². The van der Waals surface area contributed by atoms with Crippen LogP contribution in [-0.2, 0) is 9.59 Å². The number of rotatable bonds is 5. The molecule has 5 nitrogen and oxygen atoms in total. The third-order valence-electron chi connectivity index (χ3n) is 5.21. The van der Waals surface area contributed by atoms with Gasteiger partial charge in [-0.15, -0.1) is 0 Å². The van der Waals surface area contributed by atoms with E-state index < -0.39 is 11.8 Å². The quantitative estimate of drug-likeness (QED) is 0.617. The number of hydrogen-bond acceptors (Lipinski definition) is 4. The molecule has 148 valence electrons. The zero-order valence-electron chi connectivity index (χ0n) is 16.3. The van der Waals surface area contributed by atoms with Gasteiger partial charge in [0.15, 0.2) is 11.5 Å². The van der Waals surface area contributed by atoms with E-state index in [9.17, 15) is 9.59 Å². The fourth-order valence-corrected chi connectivity index (χ4v) is 3.71. The van der Waals surface area contributed by atoms with Crippen molar-refractivity contribution in [3.63, 3.8) is 0 Å². The molecule has 0 atom stereocenters. The van der Waals surface area contributed by atoms with Crippen molar-refractivity contribution in [2.75, 3.05) is 7.11 Å². The molecule has 0 radical (unpaired) electrons. The van der Waals surface area contributed by atoms with Gasteiger partial charge in [-0.1, -0.05) is 36.4 Å². The summed E-state index contributed by atoms with van der Waals surface area (Å²) in [5, 5.41) is 2.38. The molecule has 4 rings (SSSR count). The molecule has 1 aliphatic heterocycles. The van der Waals surface area contributed by atoms with Crippen LogP contribution in [0.25, 0.3) is 12.2 Å². The van der Waals surface area contributed by atoms with Crippen LogP contribution < -0.4 is 14.8 Å². The van der Waals surface area contributed by atoms with Crippen LogP contribution in [0.4, 0.5) is 0 Å². The maximum Gasteiger partial charge on any atom is 0.258 e. The average Bonchev–Trinajstić information content (AvgIpc) is 3.33. The van der Waals surface area contributed by atoms with E-state index in [-0.39, 0.29) is 6.10 Å². The molecule has 0 bridgehead atoms. The van der Waals surface area contributed by atoms with Crippen LogP contribution >= 0.6 is 0 Å². The van der Waals surface area contributed by atoms with E-state index >= 15 is 0 Å². The molecular formula is C24H23NO4. The van der Waals surface area contributed by atoms with Gasteiger partial charge >= 0.3 is 0 Å². The highest BCUT2D eigenvalue weighted by atomic mass is 16.5. The largest absolute Gasteiger partial charge is 0.493 e. The Hall–Kier alpha value is -3.34. The normalized spacial score (nSPS) is 19.8. The minimum atomic E-state index is -0.401. The molecule has 2 aromatic carbocycles. The Morgan fingerprint density at radius 3 is 2.17 bits per heavy atom. The Balaban J connectivity index is 1.65. The van der Waals surface area contributed by atoms with Crippen molar-refractivity contribution in [1.29, 1.82) is 0 Å². The molecule has 29 heavy (non-hydrogen) atoms. The highest BCUT2D eigenvalue weighted by Gasteiger charge is 2.30. The number of carbonyl (C=O) groups is 2. The second-order valence-corrected chi connectivity index (χ2v) is 7.24. The second kappa shape index (κ2) is 8.35. The lowest BCUT2D eigenvalue weighted by atomic mass is 10.0. The van der Waals surface area contributed by atoms with Gasteiger partial charge in [0.2, 0.25) is 0 Å². The summed E-state index contributed by atoms with van der Waals surface area (Å²) >= 11 is 0. The van der Waals surface area contributed by atoms with E-state index in [2.05, 4.69) is 5.32 Å². The summed E-state index contributed by atoms with van der Waals surface area (Å²) in [5.74, 6) is 0.527. The summed E-state index contributed by atoms with van der Waals surface area (Å²) in [6.45, 7) is 0. The summed E-state index contributed by atoms with van der Waals surface area (Å²) in [7, 11) is 1.60. The van der Waals surface area contributed by atoms with Crippen LogP contribution in [0.15, 0.2) is 59.7 Å². The molecule has 1 N–H and O–H groups in total. The van der Waals surface area contributed by atoms with Crippen molar-refractivity contribution in [3.05, 3.63) is 70.8 Å². The highest BCUT2D eigenvalue weighted by molar-refractivity contribution is 6.28. The molecule has 0 spiro atoms. The number of benzene rings is 2. The topological polar surface area (TPSA) is 64.6 Å². The van der Waals surface area contributed by atoms with E-state index in [0.29, 0.717) is 22.6 Å². The number of carbonyl (C=O) groups excluding carboxylic acids is 2. The maximum absolute atomic E-state index is 12.3. The molecule has 1 aliphatic carbocycles. The van der Waals surface area contributed by atoms with E-state index in [1.807, 2.05) is 48.5 Å². The van der Waals surface area contributed by atoms with Crippen molar-refractivity contribution < 1.29 is 19.1 Å². The van der Waals surface area contributed by atoms with Gasteiger partial charge in [-0.25, -0.2) is 0 Å². The van der Waals surface area contributed by atoms with Crippen LogP contribution in [0.3, 0.4) is 0 Å². The Bertz CT molecular complexity index is 985. The first-order chi connectivity index (χ1) is 14.1. The smallest absolute Gasteiger partial charge is 0.258 e. The molecule has 2 aromatic rings. The number of methoxy groups -OCH3 is 1. The Morgan fingerprint density at radius 1 is 0.862 bits per heavy atom. The standard InChI is InChI=1S/C24H23NO4/c1-28-22-15-17(11-12-21(22)29-18-9-5-6-10-18)14-20-19(23(26)25-24(20)27)13-16-7-3-2-4-8-16/h2-4,7-8,11-15,18H,5-6,9-10H2,1H3,(H,25,26,27)/b19-13+,20-14-. The molecule has 5 heteroatoms. The van der Waals surface area contributed by atoms with E-state index in [4.69, 9.17) is 9.47 Å². The lowest BCUT2D eigenvalue weighted by Crippen LogP contribution is -2.19. The molecule has 0 aromatic heterocycles. The molecule has 1 heterocycles. The lowest BCUT2D eigenvalue weighted by molar-refractivity contribution is -0.123. The Morgan fingerprint density at radius 2 is 1.52 bits per heavy atom. The van der Waals surface area contributed by atoms with Crippen molar-refractivity contribution in [2.45, 2.75) is 31.8 Å². The molecule has 2 amide bonds. The molecule has 2 aliphatic rings. The van der Waals surface area contributed by atoms with Crippen molar-refractivity contribution in [3.8, 4) is 11.5 Å². The number of hydrogen-bond donors (Lipinski definition) is 1. The minimum Gasteiger partial charge on any atom is -0.493 e. The average molecular weight is 389 g/mol. The zero-order chi connectivity index (χ0) is 20.2. The first-order valence-electron chi connectivity index (χ1n) is 9.83. The third kappa shape index (κ3) is 4.24. The second-order valence-electron chi connectivity index (χ2n) is 7.24. The third-order valence-corrected chi connectivity index (χ3v) is 5.21. The van der Waals surface area contributed by atoms with Crippen LogP contribution in [0.5, 0.6) is 11.5 Å². The first kappa shape index (κ1) is 19.0. The molecule has 1 saturated carbocycles. The molecule has 2 fully saturated rings. The Labute approximate surface area is 170 Å². The van der Waals surface area contributed by atoms with Crippen molar-refractivity contribution in [2.24, 2.45) is 0 Å². The lowest BCUT2D eigenvalue weighted by Gasteiger charge is -2.16. The van der Waals surface area contributed by atoms with Crippen LogP contribution in [0.2, 0.25) is 0 Å². The van der Waals surface area contributed by atoms with Crippen LogP contribution in [0.1, 0.15) is 36.8 Å². The van der Waals surface area contributed by atoms with Gasteiger partial charge in [0.25, 0.3) is 11.8 Å². The number of amides is 2. The van der Waals surface area contributed by atoms with Crippen molar-refractivity contribution >= 4 is 24.0 Å². The van der Waals surface area contributed by atoms with Gasteiger partial charge in [-0.05, 0) is 61.1 Å². The predicted octanol–water partition coefficient (Wildman–Crippen LogP) is 4.14. The van der Waals surface area contributed by atoms with E-state index in [1.54, 1.807) is 19.3 Å². The SMILES string of the molecule is COc1cc(/C=C2\C(=O)NC(=O)\C2=C\c2ccccc2)ccc1OC1CCCC1. The van der Waals surface area contributed by atoms with Gasteiger partial charge in [-0.2, -0.15) is 0 Å². The van der Waals surface area contributed by atoms with Gasteiger partial charge in [0.1, 0.15) is 0 Å². The number of imide groups is 1. The molecule has 0 unspecified atom stereocenters. The first-order valence-corrected chi connectivity index (χ1v) is 9.83. The summed E-state index contributed by atoms with van der Waals surface area (Å²) in [6, 6.07) is 15.0. The summed E-state index contributed by atoms with van der Waals surface area (Å²) in [6.07, 6.45) is 8.16. The van der Waals surface area contributed by atoms with E-state index in [1.165, 1.54) is 12.8 Å². The minimum absolute atomic E-state index is 0.228. The predicted molar refractivity (Wildman–Crippen MR) is 111 cm³/mol.